The van der Waals surface area contributed by atoms with Gasteiger partial charge >= 0.3 is 0 Å². The Bertz CT molecular complexity index is 867. The molecule has 1 atom stereocenters. The second-order valence-corrected chi connectivity index (χ2v) is 8.67. The van der Waals surface area contributed by atoms with Crippen molar-refractivity contribution >= 4 is 23.4 Å². The van der Waals surface area contributed by atoms with E-state index in [0.29, 0.717) is 11.8 Å². The average molecular weight is 431 g/mol. The van der Waals surface area contributed by atoms with Crippen LogP contribution in [0.5, 0.6) is 5.88 Å². The summed E-state index contributed by atoms with van der Waals surface area (Å²) in [6.07, 6.45) is -0.297. The molecule has 1 aromatic carbocycles. The van der Waals surface area contributed by atoms with Crippen molar-refractivity contribution in [1.29, 1.82) is 0 Å². The van der Waals surface area contributed by atoms with Crippen LogP contribution in [0.3, 0.4) is 0 Å². The maximum atomic E-state index is 13.8. The van der Waals surface area contributed by atoms with Crippen LogP contribution in [0.2, 0.25) is 5.15 Å². The number of rotatable bonds is 6. The lowest BCUT2D eigenvalue weighted by Gasteiger charge is -2.31. The summed E-state index contributed by atoms with van der Waals surface area (Å²) in [4.78, 5) is 8.44. The fourth-order valence-electron chi connectivity index (χ4n) is 2.66. The normalized spacial score (nSPS) is 19.0. The van der Waals surface area contributed by atoms with E-state index < -0.39 is 23.0 Å². The van der Waals surface area contributed by atoms with Crippen LogP contribution >= 0.6 is 23.4 Å². The van der Waals surface area contributed by atoms with Gasteiger partial charge in [-0.05, 0) is 33.8 Å². The van der Waals surface area contributed by atoms with Crippen molar-refractivity contribution in [3.63, 3.8) is 0 Å². The van der Waals surface area contributed by atoms with E-state index >= 15 is 0 Å². The minimum absolute atomic E-state index is 0.153. The molecule has 9 heteroatoms. The first-order valence-corrected chi connectivity index (χ1v) is 10.0. The van der Waals surface area contributed by atoms with Gasteiger partial charge in [0.1, 0.15) is 16.9 Å². The Morgan fingerprint density at radius 1 is 1.32 bits per heavy atom. The van der Waals surface area contributed by atoms with Crippen molar-refractivity contribution in [3.05, 3.63) is 46.6 Å². The molecule has 2 heterocycles. The van der Waals surface area contributed by atoms with Gasteiger partial charge in [-0.3, -0.25) is 0 Å². The van der Waals surface area contributed by atoms with Crippen LogP contribution in [-0.4, -0.2) is 34.1 Å². The third-order valence-corrected chi connectivity index (χ3v) is 5.28. The first kappa shape index (κ1) is 21.2. The Morgan fingerprint density at radius 3 is 2.75 bits per heavy atom. The van der Waals surface area contributed by atoms with Gasteiger partial charge in [-0.25, -0.2) is 13.8 Å². The van der Waals surface area contributed by atoms with Crippen molar-refractivity contribution in [1.82, 2.24) is 9.97 Å². The molecule has 28 heavy (non-hydrogen) atoms. The molecule has 1 fully saturated rings. The van der Waals surface area contributed by atoms with E-state index in [0.717, 1.165) is 17.8 Å². The van der Waals surface area contributed by atoms with E-state index in [2.05, 4.69) is 9.97 Å². The molecule has 1 aliphatic rings. The molecule has 0 saturated carbocycles. The van der Waals surface area contributed by atoms with Gasteiger partial charge in [0.15, 0.2) is 22.6 Å². The molecular formula is C19H21ClF2N2O3S. The predicted octanol–water partition coefficient (Wildman–Crippen LogP) is 5.01. The van der Waals surface area contributed by atoms with Crippen LogP contribution in [0, 0.1) is 11.6 Å². The van der Waals surface area contributed by atoms with E-state index in [1.54, 1.807) is 0 Å². The molecule has 0 spiro atoms. The Kier molecular flexibility index (Phi) is 6.14. The van der Waals surface area contributed by atoms with Crippen LogP contribution in [0.1, 0.15) is 33.3 Å². The monoisotopic (exact) mass is 430 g/mol. The lowest BCUT2D eigenvalue weighted by molar-refractivity contribution is -0.159. The first-order valence-electron chi connectivity index (χ1n) is 8.67. The summed E-state index contributed by atoms with van der Waals surface area (Å²) < 4.78 is 44.6. The summed E-state index contributed by atoms with van der Waals surface area (Å²) in [5.41, 5.74) is -0.516. The zero-order valence-electron chi connectivity index (χ0n) is 16.0. The molecule has 0 bridgehead atoms. The van der Waals surface area contributed by atoms with Crippen LogP contribution in [0.25, 0.3) is 0 Å². The molecular weight excluding hydrogens is 410 g/mol. The topological polar surface area (TPSA) is 53.5 Å². The maximum absolute atomic E-state index is 13.8. The summed E-state index contributed by atoms with van der Waals surface area (Å²) >= 11 is 7.22. The number of nitrogens with zero attached hydrogens (tertiary/aromatic N) is 2. The smallest absolute Gasteiger partial charge is 0.219 e. The quantitative estimate of drug-likeness (QED) is 0.365. The molecule has 2 aromatic rings. The van der Waals surface area contributed by atoms with Crippen molar-refractivity contribution in [3.8, 4) is 5.88 Å². The van der Waals surface area contributed by atoms with Crippen molar-refractivity contribution in [2.75, 3.05) is 6.61 Å². The van der Waals surface area contributed by atoms with Gasteiger partial charge in [0.2, 0.25) is 5.88 Å². The fraction of sp³-hybridized carbons (Fsp3) is 0.474. The highest BCUT2D eigenvalue weighted by atomic mass is 35.5. The third kappa shape index (κ3) is 5.11. The van der Waals surface area contributed by atoms with Crippen LogP contribution in [0.4, 0.5) is 8.78 Å². The number of ether oxygens (including phenoxy) is 3. The highest BCUT2D eigenvalue weighted by Gasteiger charge is 2.43. The second kappa shape index (κ2) is 8.10. The van der Waals surface area contributed by atoms with E-state index in [4.69, 9.17) is 25.8 Å². The SMILES string of the molecule is CC1(C)OC[C@@H](C(C)(C)Oc2cc(Cl)nc(SCc3cccc(F)c3F)n2)O1. The molecule has 5 nitrogen and oxygen atoms in total. The number of hydrogen-bond acceptors (Lipinski definition) is 6. The Labute approximate surface area is 171 Å². The van der Waals surface area contributed by atoms with Gasteiger partial charge in [0.25, 0.3) is 0 Å². The zero-order valence-corrected chi connectivity index (χ0v) is 17.5. The van der Waals surface area contributed by atoms with E-state index in [9.17, 15) is 8.78 Å². The maximum Gasteiger partial charge on any atom is 0.219 e. The summed E-state index contributed by atoms with van der Waals surface area (Å²) in [6.45, 7) is 7.80. The largest absolute Gasteiger partial charge is 0.469 e. The summed E-state index contributed by atoms with van der Waals surface area (Å²) in [7, 11) is 0. The van der Waals surface area contributed by atoms with E-state index in [1.165, 1.54) is 18.2 Å². The molecule has 152 valence electrons. The molecule has 0 N–H and O–H groups in total. The number of hydrogen-bond donors (Lipinski definition) is 0. The van der Waals surface area contributed by atoms with Gasteiger partial charge in [-0.15, -0.1) is 0 Å². The van der Waals surface area contributed by atoms with Gasteiger partial charge in [-0.1, -0.05) is 35.5 Å². The Balaban J connectivity index is 1.71. The highest BCUT2D eigenvalue weighted by molar-refractivity contribution is 7.98. The van der Waals surface area contributed by atoms with Crippen molar-refractivity contribution in [2.45, 2.75) is 56.1 Å². The van der Waals surface area contributed by atoms with Crippen molar-refractivity contribution < 1.29 is 23.0 Å². The van der Waals surface area contributed by atoms with E-state index in [1.807, 2.05) is 27.7 Å². The summed E-state index contributed by atoms with van der Waals surface area (Å²) in [5.74, 6) is -2.03. The van der Waals surface area contributed by atoms with Gasteiger partial charge < -0.3 is 14.2 Å². The molecule has 0 aliphatic carbocycles. The molecule has 0 radical (unpaired) electrons. The Morgan fingerprint density at radius 2 is 2.07 bits per heavy atom. The molecule has 1 saturated heterocycles. The lowest BCUT2D eigenvalue weighted by Crippen LogP contribution is -2.44. The lowest BCUT2D eigenvalue weighted by atomic mass is 10.0. The number of aromatic nitrogens is 2. The van der Waals surface area contributed by atoms with E-state index in [-0.39, 0.29) is 28.5 Å². The van der Waals surface area contributed by atoms with Crippen LogP contribution < -0.4 is 4.74 Å². The molecule has 1 aliphatic heterocycles. The van der Waals surface area contributed by atoms with Gasteiger partial charge in [-0.2, -0.15) is 4.98 Å². The molecule has 0 amide bonds. The molecule has 1 aromatic heterocycles. The molecule has 3 rings (SSSR count). The molecule has 0 unspecified atom stereocenters. The number of halogens is 3. The fourth-order valence-corrected chi connectivity index (χ4v) is 3.71. The summed E-state index contributed by atoms with van der Waals surface area (Å²) in [5, 5.41) is 0.484. The highest BCUT2D eigenvalue weighted by Crippen LogP contribution is 2.33. The minimum Gasteiger partial charge on any atom is -0.469 e. The predicted molar refractivity (Wildman–Crippen MR) is 103 cm³/mol. The zero-order chi connectivity index (χ0) is 20.5. The summed E-state index contributed by atoms with van der Waals surface area (Å²) in [6, 6.07) is 5.53. The second-order valence-electron chi connectivity index (χ2n) is 7.34. The Hall–Kier alpha value is -1.48. The number of thioether (sulfide) groups is 1. The average Bonchev–Trinajstić information content (AvgIpc) is 2.96. The number of benzene rings is 1. The van der Waals surface area contributed by atoms with Crippen molar-refractivity contribution in [2.24, 2.45) is 0 Å². The van der Waals surface area contributed by atoms with Gasteiger partial charge in [0, 0.05) is 17.4 Å². The van der Waals surface area contributed by atoms with Crippen LogP contribution in [-0.2, 0) is 15.2 Å². The standard InChI is InChI=1S/C19H21ClF2N2O3S/c1-18(2,13-9-25-19(3,4)26-13)27-15-8-14(20)23-17(24-15)28-10-11-6-5-7-12(21)16(11)22/h5-8,13H,9-10H2,1-4H3/t13-/m0/s1. The first-order chi connectivity index (χ1) is 13.1. The van der Waals surface area contributed by atoms with Gasteiger partial charge in [0.05, 0.1) is 6.61 Å². The minimum atomic E-state index is -0.891. The van der Waals surface area contributed by atoms with Crippen LogP contribution in [0.15, 0.2) is 29.4 Å². The third-order valence-electron chi connectivity index (χ3n) is 4.19.